The van der Waals surface area contributed by atoms with Gasteiger partial charge in [-0.25, -0.2) is 4.79 Å². The van der Waals surface area contributed by atoms with Gasteiger partial charge in [0.15, 0.2) is 0 Å². The van der Waals surface area contributed by atoms with Crippen molar-refractivity contribution in [3.8, 4) is 0 Å². The molecule has 0 spiro atoms. The van der Waals surface area contributed by atoms with Crippen LogP contribution in [-0.2, 0) is 4.79 Å². The fourth-order valence-corrected chi connectivity index (χ4v) is 3.35. The normalized spacial score (nSPS) is 22.4. The van der Waals surface area contributed by atoms with Gasteiger partial charge >= 0.3 is 5.97 Å². The molecule has 4 heteroatoms. The topological polar surface area (TPSA) is 40.5 Å². The summed E-state index contributed by atoms with van der Waals surface area (Å²) in [6, 6.07) is 6.23. The third-order valence-corrected chi connectivity index (χ3v) is 4.53. The number of aliphatic carboxylic acids is 1. The number of carboxylic acids is 1. The summed E-state index contributed by atoms with van der Waals surface area (Å²) in [7, 11) is 2.09. The van der Waals surface area contributed by atoms with Crippen LogP contribution in [0.15, 0.2) is 24.3 Å². The van der Waals surface area contributed by atoms with Gasteiger partial charge in [0.05, 0.1) is 10.7 Å². The summed E-state index contributed by atoms with van der Waals surface area (Å²) in [5, 5.41) is 9.32. The number of carboxylic acid groups (broad SMARTS) is 1. The van der Waals surface area contributed by atoms with Crippen molar-refractivity contribution in [1.29, 1.82) is 0 Å². The quantitative estimate of drug-likeness (QED) is 0.835. The molecule has 1 N–H and O–H groups in total. The summed E-state index contributed by atoms with van der Waals surface area (Å²) in [6.45, 7) is 2.31. The zero-order chi connectivity index (χ0) is 15.4. The van der Waals surface area contributed by atoms with E-state index in [0.717, 1.165) is 23.2 Å². The number of nitrogens with zero attached hydrogens (tertiary/aromatic N) is 1. The Morgan fingerprint density at radius 3 is 2.81 bits per heavy atom. The maximum Gasteiger partial charge on any atom is 0.328 e. The van der Waals surface area contributed by atoms with Crippen LogP contribution in [0, 0.1) is 5.92 Å². The molecule has 1 aromatic rings. The second-order valence-corrected chi connectivity index (χ2v) is 6.33. The van der Waals surface area contributed by atoms with Crippen molar-refractivity contribution in [3.63, 3.8) is 0 Å². The molecule has 3 nitrogen and oxygen atoms in total. The van der Waals surface area contributed by atoms with Crippen LogP contribution in [0.2, 0.25) is 5.02 Å². The molecule has 1 fully saturated rings. The van der Waals surface area contributed by atoms with Crippen LogP contribution in [-0.4, -0.2) is 24.2 Å². The zero-order valence-corrected chi connectivity index (χ0v) is 13.3. The molecule has 2 rings (SSSR count). The van der Waals surface area contributed by atoms with E-state index in [1.165, 1.54) is 25.7 Å². The van der Waals surface area contributed by atoms with Gasteiger partial charge in [-0.3, -0.25) is 0 Å². The van der Waals surface area contributed by atoms with Crippen LogP contribution in [0.4, 0.5) is 5.69 Å². The summed E-state index contributed by atoms with van der Waals surface area (Å²) < 4.78 is 0. The van der Waals surface area contributed by atoms with E-state index in [9.17, 15) is 4.79 Å². The second kappa shape index (κ2) is 6.99. The molecule has 114 valence electrons. The summed E-state index contributed by atoms with van der Waals surface area (Å²) in [5.41, 5.74) is 1.82. The molecule has 2 unspecified atom stereocenters. The van der Waals surface area contributed by atoms with E-state index >= 15 is 0 Å². The van der Waals surface area contributed by atoms with Crippen molar-refractivity contribution in [3.05, 3.63) is 34.9 Å². The first-order chi connectivity index (χ1) is 9.97. The third kappa shape index (κ3) is 4.24. The molecule has 0 bridgehead atoms. The van der Waals surface area contributed by atoms with Gasteiger partial charge in [-0.1, -0.05) is 37.4 Å². The largest absolute Gasteiger partial charge is 0.478 e. The van der Waals surface area contributed by atoms with Gasteiger partial charge in [-0.2, -0.15) is 0 Å². The van der Waals surface area contributed by atoms with E-state index in [1.807, 2.05) is 18.2 Å². The van der Waals surface area contributed by atoms with Gasteiger partial charge in [0.2, 0.25) is 0 Å². The Labute approximate surface area is 131 Å². The van der Waals surface area contributed by atoms with Crippen LogP contribution < -0.4 is 4.90 Å². The lowest BCUT2D eigenvalue weighted by Crippen LogP contribution is -2.35. The number of halogens is 1. The predicted octanol–water partition coefficient (Wildman–Crippen LogP) is 4.45. The van der Waals surface area contributed by atoms with Crippen molar-refractivity contribution >= 4 is 29.3 Å². The molecule has 0 saturated heterocycles. The summed E-state index contributed by atoms with van der Waals surface area (Å²) in [5.74, 6) is -0.189. The highest BCUT2D eigenvalue weighted by atomic mass is 35.5. The second-order valence-electron chi connectivity index (χ2n) is 5.92. The molecule has 0 amide bonds. The lowest BCUT2D eigenvalue weighted by atomic mass is 9.86. The Hall–Kier alpha value is -1.48. The lowest BCUT2D eigenvalue weighted by molar-refractivity contribution is -0.131. The first-order valence-electron chi connectivity index (χ1n) is 7.40. The monoisotopic (exact) mass is 307 g/mol. The number of anilines is 1. The van der Waals surface area contributed by atoms with Crippen LogP contribution >= 0.6 is 11.6 Å². The molecule has 1 saturated carbocycles. The fraction of sp³-hybridized carbons (Fsp3) is 0.471. The predicted molar refractivity (Wildman–Crippen MR) is 87.9 cm³/mol. The number of hydrogen-bond acceptors (Lipinski definition) is 2. The van der Waals surface area contributed by atoms with E-state index in [4.69, 9.17) is 16.7 Å². The van der Waals surface area contributed by atoms with Gasteiger partial charge in [0.25, 0.3) is 0 Å². The molecule has 2 atom stereocenters. The number of carbonyl (C=O) groups is 1. The molecule has 1 aliphatic carbocycles. The van der Waals surface area contributed by atoms with Crippen molar-refractivity contribution in [1.82, 2.24) is 0 Å². The Morgan fingerprint density at radius 1 is 1.43 bits per heavy atom. The van der Waals surface area contributed by atoms with Crippen LogP contribution in [0.3, 0.4) is 0 Å². The van der Waals surface area contributed by atoms with E-state index in [-0.39, 0.29) is 0 Å². The maximum atomic E-state index is 10.5. The van der Waals surface area contributed by atoms with Crippen LogP contribution in [0.25, 0.3) is 6.08 Å². The average molecular weight is 308 g/mol. The van der Waals surface area contributed by atoms with E-state index in [1.54, 1.807) is 6.08 Å². The Kier molecular flexibility index (Phi) is 5.29. The lowest BCUT2D eigenvalue weighted by Gasteiger charge is -2.36. The molecule has 1 aromatic carbocycles. The van der Waals surface area contributed by atoms with Crippen LogP contribution in [0.1, 0.15) is 38.2 Å². The van der Waals surface area contributed by atoms with Crippen molar-refractivity contribution in [2.45, 2.75) is 38.6 Å². The molecule has 0 aromatic heterocycles. The summed E-state index contributed by atoms with van der Waals surface area (Å²) >= 11 is 6.37. The minimum absolute atomic E-state index is 0.534. The highest BCUT2D eigenvalue weighted by molar-refractivity contribution is 6.33. The van der Waals surface area contributed by atoms with E-state index in [2.05, 4.69) is 18.9 Å². The van der Waals surface area contributed by atoms with Crippen molar-refractivity contribution in [2.24, 2.45) is 5.92 Å². The fourth-order valence-electron chi connectivity index (χ4n) is 3.03. The molecule has 21 heavy (non-hydrogen) atoms. The zero-order valence-electron chi connectivity index (χ0n) is 12.6. The number of rotatable bonds is 4. The standard InChI is InChI=1S/C17H22ClNO2/c1-12-4-3-5-14(10-12)19(2)16-8-6-13(11-15(16)18)7-9-17(20)21/h6-9,11-12,14H,3-5,10H2,1-2H3,(H,20,21)/b9-7+. The SMILES string of the molecule is CC1CCCC(N(C)c2ccc(/C=C/C(=O)O)cc2Cl)C1. The molecular weight excluding hydrogens is 286 g/mol. The minimum Gasteiger partial charge on any atom is -0.478 e. The van der Waals surface area contributed by atoms with Crippen molar-refractivity contribution < 1.29 is 9.90 Å². The van der Waals surface area contributed by atoms with Gasteiger partial charge < -0.3 is 10.0 Å². The molecule has 1 aliphatic rings. The molecule has 0 aliphatic heterocycles. The molecular formula is C17H22ClNO2. The number of benzene rings is 1. The highest BCUT2D eigenvalue weighted by Crippen LogP contribution is 2.33. The molecule has 0 radical (unpaired) electrons. The first-order valence-corrected chi connectivity index (χ1v) is 7.78. The minimum atomic E-state index is -0.955. The van der Waals surface area contributed by atoms with E-state index < -0.39 is 5.97 Å². The summed E-state index contributed by atoms with van der Waals surface area (Å²) in [6.07, 6.45) is 7.67. The Morgan fingerprint density at radius 2 is 2.19 bits per heavy atom. The number of hydrogen-bond donors (Lipinski definition) is 1. The highest BCUT2D eigenvalue weighted by Gasteiger charge is 2.23. The van der Waals surface area contributed by atoms with Crippen LogP contribution in [0.5, 0.6) is 0 Å². The Balaban J connectivity index is 2.14. The first kappa shape index (κ1) is 15.9. The average Bonchev–Trinajstić information content (AvgIpc) is 2.44. The third-order valence-electron chi connectivity index (χ3n) is 4.23. The van der Waals surface area contributed by atoms with Crippen molar-refractivity contribution in [2.75, 3.05) is 11.9 Å². The maximum absolute atomic E-state index is 10.5. The van der Waals surface area contributed by atoms with Gasteiger partial charge in [-0.05, 0) is 42.5 Å². The van der Waals surface area contributed by atoms with Gasteiger partial charge in [0.1, 0.15) is 0 Å². The Bertz CT molecular complexity index is 542. The molecule has 0 heterocycles. The van der Waals surface area contributed by atoms with E-state index in [0.29, 0.717) is 11.1 Å². The van der Waals surface area contributed by atoms with Gasteiger partial charge in [-0.15, -0.1) is 0 Å². The summed E-state index contributed by atoms with van der Waals surface area (Å²) in [4.78, 5) is 12.8. The smallest absolute Gasteiger partial charge is 0.328 e. The van der Waals surface area contributed by atoms with Gasteiger partial charge in [0, 0.05) is 19.2 Å².